The highest BCUT2D eigenvalue weighted by Crippen LogP contribution is 2.19. The van der Waals surface area contributed by atoms with Crippen molar-refractivity contribution in [1.29, 1.82) is 0 Å². The van der Waals surface area contributed by atoms with E-state index in [-0.39, 0.29) is 12.1 Å². The molecule has 1 N–H and O–H groups in total. The lowest BCUT2D eigenvalue weighted by atomic mass is 10.1. The lowest BCUT2D eigenvalue weighted by Gasteiger charge is -2.20. The van der Waals surface area contributed by atoms with E-state index >= 15 is 0 Å². The molecule has 104 valence electrons. The zero-order chi connectivity index (χ0) is 14.0. The Morgan fingerprint density at radius 3 is 2.58 bits per heavy atom. The van der Waals surface area contributed by atoms with Gasteiger partial charge in [-0.3, -0.25) is 0 Å². The average Bonchev–Trinajstić information content (AvgIpc) is 2.68. The summed E-state index contributed by atoms with van der Waals surface area (Å²) < 4.78 is 26.5. The summed E-state index contributed by atoms with van der Waals surface area (Å²) in [6.07, 6.45) is -0.601. The summed E-state index contributed by atoms with van der Waals surface area (Å²) in [5.74, 6) is 0. The van der Waals surface area contributed by atoms with Gasteiger partial charge in [-0.05, 0) is 49.9 Å². The smallest absolute Gasteiger partial charge is 0.256 e. The first-order valence-corrected chi connectivity index (χ1v) is 6.46. The summed E-state index contributed by atoms with van der Waals surface area (Å²) in [5, 5.41) is 4.42. The number of halogens is 2. The van der Waals surface area contributed by atoms with Crippen molar-refractivity contribution in [2.45, 2.75) is 45.8 Å². The van der Waals surface area contributed by atoms with Crippen molar-refractivity contribution >= 4 is 10.9 Å². The second-order valence-electron chi connectivity index (χ2n) is 5.86. The SMILES string of the molecule is CC(C)(C)NCc1ccc2c(ccn2CC(F)F)c1. The van der Waals surface area contributed by atoms with E-state index in [1.54, 1.807) is 10.8 Å². The maximum absolute atomic E-state index is 12.4. The Morgan fingerprint density at radius 1 is 1.21 bits per heavy atom. The van der Waals surface area contributed by atoms with Crippen LogP contribution in [0.15, 0.2) is 30.5 Å². The third kappa shape index (κ3) is 3.77. The summed E-state index contributed by atoms with van der Waals surface area (Å²) in [6, 6.07) is 7.84. The Balaban J connectivity index is 2.18. The lowest BCUT2D eigenvalue weighted by molar-refractivity contribution is 0.128. The Hall–Kier alpha value is -1.42. The summed E-state index contributed by atoms with van der Waals surface area (Å²) in [7, 11) is 0. The molecule has 0 bridgehead atoms. The summed E-state index contributed by atoms with van der Waals surface area (Å²) >= 11 is 0. The number of alkyl halides is 2. The maximum Gasteiger partial charge on any atom is 0.256 e. The molecule has 0 aliphatic heterocycles. The molecule has 2 aromatic rings. The summed E-state index contributed by atoms with van der Waals surface area (Å²) in [5.41, 5.74) is 2.09. The molecule has 4 heteroatoms. The van der Waals surface area contributed by atoms with Crippen molar-refractivity contribution in [2.75, 3.05) is 0 Å². The number of benzene rings is 1. The lowest BCUT2D eigenvalue weighted by Crippen LogP contribution is -2.35. The predicted octanol–water partition coefficient (Wildman–Crippen LogP) is 3.79. The van der Waals surface area contributed by atoms with E-state index in [0.717, 1.165) is 23.0 Å². The first-order valence-electron chi connectivity index (χ1n) is 6.46. The highest BCUT2D eigenvalue weighted by Gasteiger charge is 2.10. The molecule has 0 unspecified atom stereocenters. The first kappa shape index (κ1) is 14.0. The minimum atomic E-state index is -2.32. The van der Waals surface area contributed by atoms with Crippen molar-refractivity contribution in [3.05, 3.63) is 36.0 Å². The topological polar surface area (TPSA) is 17.0 Å². The zero-order valence-electron chi connectivity index (χ0n) is 11.6. The number of hydrogen-bond acceptors (Lipinski definition) is 1. The van der Waals surface area contributed by atoms with Crippen LogP contribution in [0.4, 0.5) is 8.78 Å². The fraction of sp³-hybridized carbons (Fsp3) is 0.467. The molecule has 0 aliphatic rings. The second-order valence-corrected chi connectivity index (χ2v) is 5.86. The van der Waals surface area contributed by atoms with Crippen molar-refractivity contribution < 1.29 is 8.78 Å². The summed E-state index contributed by atoms with van der Waals surface area (Å²) in [6.45, 7) is 6.88. The van der Waals surface area contributed by atoms with Crippen molar-refractivity contribution in [2.24, 2.45) is 0 Å². The van der Waals surface area contributed by atoms with Gasteiger partial charge in [-0.2, -0.15) is 0 Å². The van der Waals surface area contributed by atoms with E-state index in [9.17, 15) is 8.78 Å². The van der Waals surface area contributed by atoms with Crippen LogP contribution in [0.2, 0.25) is 0 Å². The molecular formula is C15H20F2N2. The molecule has 1 heterocycles. The molecule has 2 nitrogen and oxygen atoms in total. The van der Waals surface area contributed by atoms with Gasteiger partial charge in [-0.15, -0.1) is 0 Å². The van der Waals surface area contributed by atoms with Crippen molar-refractivity contribution in [3.63, 3.8) is 0 Å². The van der Waals surface area contributed by atoms with Gasteiger partial charge in [-0.1, -0.05) is 6.07 Å². The van der Waals surface area contributed by atoms with Crippen molar-refractivity contribution in [3.8, 4) is 0 Å². The molecule has 2 rings (SSSR count). The van der Waals surface area contributed by atoms with Crippen LogP contribution >= 0.6 is 0 Å². The first-order chi connectivity index (χ1) is 8.85. The quantitative estimate of drug-likeness (QED) is 0.890. The van der Waals surface area contributed by atoms with Gasteiger partial charge in [0.25, 0.3) is 6.43 Å². The second kappa shape index (κ2) is 5.29. The maximum atomic E-state index is 12.4. The monoisotopic (exact) mass is 266 g/mol. The van der Waals surface area contributed by atoms with E-state index in [2.05, 4.69) is 32.2 Å². The number of fused-ring (bicyclic) bond motifs is 1. The highest BCUT2D eigenvalue weighted by molar-refractivity contribution is 5.80. The van der Waals surface area contributed by atoms with Gasteiger partial charge in [0.2, 0.25) is 0 Å². The summed E-state index contributed by atoms with van der Waals surface area (Å²) in [4.78, 5) is 0. The normalized spacial score (nSPS) is 12.5. The van der Waals surface area contributed by atoms with E-state index in [0.29, 0.717) is 0 Å². The highest BCUT2D eigenvalue weighted by atomic mass is 19.3. The van der Waals surface area contributed by atoms with Gasteiger partial charge in [0.15, 0.2) is 0 Å². The zero-order valence-corrected chi connectivity index (χ0v) is 11.6. The van der Waals surface area contributed by atoms with E-state index in [1.807, 2.05) is 18.2 Å². The van der Waals surface area contributed by atoms with E-state index in [4.69, 9.17) is 0 Å². The largest absolute Gasteiger partial charge is 0.342 e. The molecule has 1 aromatic heterocycles. The number of rotatable bonds is 4. The van der Waals surface area contributed by atoms with Gasteiger partial charge >= 0.3 is 0 Å². The average molecular weight is 266 g/mol. The Bertz CT molecular complexity index is 553. The van der Waals surface area contributed by atoms with Gasteiger partial charge in [0.05, 0.1) is 6.54 Å². The molecular weight excluding hydrogens is 246 g/mol. The van der Waals surface area contributed by atoms with Crippen LogP contribution in [0, 0.1) is 0 Å². The minimum absolute atomic E-state index is 0.0660. The van der Waals surface area contributed by atoms with Crippen molar-refractivity contribution in [1.82, 2.24) is 9.88 Å². The number of nitrogens with zero attached hydrogens (tertiary/aromatic N) is 1. The molecule has 0 atom stereocenters. The number of aromatic nitrogens is 1. The Morgan fingerprint density at radius 2 is 1.95 bits per heavy atom. The van der Waals surface area contributed by atoms with Crippen LogP contribution in [-0.2, 0) is 13.1 Å². The number of nitrogens with one attached hydrogen (secondary N) is 1. The third-order valence-electron chi connectivity index (χ3n) is 2.99. The van der Waals surface area contributed by atoms with Crippen LogP contribution in [0.1, 0.15) is 26.3 Å². The van der Waals surface area contributed by atoms with Crippen LogP contribution in [-0.4, -0.2) is 16.5 Å². The van der Waals surface area contributed by atoms with E-state index in [1.165, 1.54) is 0 Å². The van der Waals surface area contributed by atoms with Gasteiger partial charge in [0.1, 0.15) is 0 Å². The standard InChI is InChI=1S/C15H20F2N2/c1-15(2,3)18-9-11-4-5-13-12(8-11)6-7-19(13)10-14(16)17/h4-8,14,18H,9-10H2,1-3H3. The number of hydrogen-bond donors (Lipinski definition) is 1. The van der Waals surface area contributed by atoms with Gasteiger partial charge in [0, 0.05) is 23.8 Å². The van der Waals surface area contributed by atoms with E-state index < -0.39 is 6.43 Å². The van der Waals surface area contributed by atoms with Crippen LogP contribution < -0.4 is 5.32 Å². The Labute approximate surface area is 112 Å². The molecule has 0 fully saturated rings. The molecule has 0 aliphatic carbocycles. The fourth-order valence-corrected chi connectivity index (χ4v) is 2.03. The molecule has 0 amide bonds. The molecule has 0 saturated carbocycles. The molecule has 19 heavy (non-hydrogen) atoms. The van der Waals surface area contributed by atoms with Gasteiger partial charge < -0.3 is 9.88 Å². The molecule has 0 radical (unpaired) electrons. The molecule has 0 saturated heterocycles. The molecule has 1 aromatic carbocycles. The van der Waals surface area contributed by atoms with Crippen LogP contribution in [0.25, 0.3) is 10.9 Å². The minimum Gasteiger partial charge on any atom is -0.342 e. The predicted molar refractivity (Wildman–Crippen MR) is 74.5 cm³/mol. The van der Waals surface area contributed by atoms with Gasteiger partial charge in [-0.25, -0.2) is 8.78 Å². The molecule has 0 spiro atoms. The van der Waals surface area contributed by atoms with Crippen LogP contribution in [0.5, 0.6) is 0 Å². The fourth-order valence-electron chi connectivity index (χ4n) is 2.03. The third-order valence-corrected chi connectivity index (χ3v) is 2.99. The van der Waals surface area contributed by atoms with Crippen LogP contribution in [0.3, 0.4) is 0 Å². The Kier molecular flexibility index (Phi) is 3.90.